The highest BCUT2D eigenvalue weighted by Gasteiger charge is 2.28. The average Bonchev–Trinajstić information content (AvgIpc) is 3.32. The third-order valence-corrected chi connectivity index (χ3v) is 6.31. The van der Waals surface area contributed by atoms with Crippen molar-refractivity contribution in [1.29, 1.82) is 0 Å². The van der Waals surface area contributed by atoms with Crippen LogP contribution in [0, 0.1) is 11.8 Å². The summed E-state index contributed by atoms with van der Waals surface area (Å²) in [4.78, 5) is 12.6. The van der Waals surface area contributed by atoms with Crippen LogP contribution in [-0.2, 0) is 9.53 Å². The van der Waals surface area contributed by atoms with Gasteiger partial charge >= 0.3 is 5.97 Å². The molecule has 0 aromatic rings. The Bertz CT molecular complexity index is 382. The van der Waals surface area contributed by atoms with Crippen LogP contribution >= 0.6 is 0 Å². The van der Waals surface area contributed by atoms with E-state index in [0.717, 1.165) is 12.8 Å². The molecule has 0 heterocycles. The first-order chi connectivity index (χ1) is 12.2. The lowest BCUT2D eigenvalue weighted by Gasteiger charge is -2.22. The van der Waals surface area contributed by atoms with E-state index in [4.69, 9.17) is 4.74 Å². The van der Waals surface area contributed by atoms with Crippen LogP contribution in [0.4, 0.5) is 0 Å². The van der Waals surface area contributed by atoms with Crippen molar-refractivity contribution in [3.63, 3.8) is 0 Å². The summed E-state index contributed by atoms with van der Waals surface area (Å²) in [5.41, 5.74) is 1.44. The Labute approximate surface area is 155 Å². The number of hydrogen-bond donors (Lipinski definition) is 0. The fourth-order valence-corrected chi connectivity index (χ4v) is 4.74. The van der Waals surface area contributed by atoms with Crippen LogP contribution in [-0.4, -0.2) is 12.1 Å². The van der Waals surface area contributed by atoms with Gasteiger partial charge in [0.1, 0.15) is 6.10 Å². The third-order valence-electron chi connectivity index (χ3n) is 6.31. The average molecular weight is 349 g/mol. The number of esters is 1. The number of unbranched alkanes of at least 4 members (excludes halogenated alkanes) is 4. The number of rotatable bonds is 11. The maximum absolute atomic E-state index is 12.6. The normalized spacial score (nSPS) is 19.9. The highest BCUT2D eigenvalue weighted by molar-refractivity contribution is 5.83. The highest BCUT2D eigenvalue weighted by atomic mass is 16.5. The molecule has 1 unspecified atom stereocenters. The van der Waals surface area contributed by atoms with E-state index in [1.54, 1.807) is 0 Å². The van der Waals surface area contributed by atoms with E-state index in [9.17, 15) is 4.79 Å². The van der Waals surface area contributed by atoms with E-state index in [0.29, 0.717) is 11.8 Å². The molecule has 25 heavy (non-hydrogen) atoms. The largest absolute Gasteiger partial charge is 0.459 e. The van der Waals surface area contributed by atoms with Gasteiger partial charge in [0.25, 0.3) is 0 Å². The van der Waals surface area contributed by atoms with Gasteiger partial charge in [0.2, 0.25) is 0 Å². The van der Waals surface area contributed by atoms with E-state index in [-0.39, 0.29) is 12.1 Å². The van der Waals surface area contributed by atoms with Crippen molar-refractivity contribution in [2.75, 3.05) is 0 Å². The second-order valence-electron chi connectivity index (χ2n) is 8.28. The summed E-state index contributed by atoms with van der Waals surface area (Å²) >= 11 is 0. The maximum Gasteiger partial charge on any atom is 0.330 e. The van der Waals surface area contributed by atoms with Crippen LogP contribution in [0.2, 0.25) is 0 Å². The fraction of sp³-hybridized carbons (Fsp3) is 0.870. The van der Waals surface area contributed by atoms with Crippen molar-refractivity contribution in [2.24, 2.45) is 11.8 Å². The molecule has 0 radical (unpaired) electrons. The summed E-state index contributed by atoms with van der Waals surface area (Å²) in [6.07, 6.45) is 20.8. The number of carbonyl (C=O) groups excluding carboxylic acids is 1. The SMILES string of the molecule is CCCCCCCC(CC)OC(=O)C=C(C1CCCC1)C1CCCC1. The zero-order chi connectivity index (χ0) is 17.9. The molecular formula is C23H40O2. The molecule has 0 aliphatic heterocycles. The highest BCUT2D eigenvalue weighted by Crippen LogP contribution is 2.41. The minimum absolute atomic E-state index is 0.0609. The van der Waals surface area contributed by atoms with Crippen LogP contribution in [0.5, 0.6) is 0 Å². The van der Waals surface area contributed by atoms with Gasteiger partial charge in [-0.05, 0) is 56.8 Å². The van der Waals surface area contributed by atoms with Crippen LogP contribution in [0.1, 0.15) is 110 Å². The predicted octanol–water partition coefficient (Wildman–Crippen LogP) is 6.98. The van der Waals surface area contributed by atoms with Gasteiger partial charge in [-0.1, -0.05) is 70.8 Å². The number of carbonyl (C=O) groups is 1. The summed E-state index contributed by atoms with van der Waals surface area (Å²) in [5, 5.41) is 0. The molecule has 2 nitrogen and oxygen atoms in total. The van der Waals surface area contributed by atoms with Gasteiger partial charge in [-0.25, -0.2) is 4.79 Å². The summed E-state index contributed by atoms with van der Waals surface area (Å²) in [7, 11) is 0. The molecular weight excluding hydrogens is 308 g/mol. The molecule has 0 aromatic heterocycles. The van der Waals surface area contributed by atoms with Gasteiger partial charge in [0.15, 0.2) is 0 Å². The number of ether oxygens (including phenoxy) is 1. The Balaban J connectivity index is 1.85. The van der Waals surface area contributed by atoms with Crippen molar-refractivity contribution in [3.05, 3.63) is 11.6 Å². The van der Waals surface area contributed by atoms with E-state index >= 15 is 0 Å². The second-order valence-corrected chi connectivity index (χ2v) is 8.28. The van der Waals surface area contributed by atoms with Gasteiger partial charge in [-0.15, -0.1) is 0 Å². The van der Waals surface area contributed by atoms with Crippen molar-refractivity contribution in [3.8, 4) is 0 Å². The van der Waals surface area contributed by atoms with E-state index in [1.807, 2.05) is 6.08 Å². The topological polar surface area (TPSA) is 26.3 Å². The molecule has 0 amide bonds. The van der Waals surface area contributed by atoms with Gasteiger partial charge in [-0.3, -0.25) is 0 Å². The molecule has 2 heteroatoms. The molecule has 2 saturated carbocycles. The molecule has 2 rings (SSSR count). The molecule has 0 bridgehead atoms. The van der Waals surface area contributed by atoms with E-state index in [1.165, 1.54) is 89.0 Å². The molecule has 2 fully saturated rings. The van der Waals surface area contributed by atoms with Crippen LogP contribution < -0.4 is 0 Å². The first-order valence-corrected chi connectivity index (χ1v) is 11.2. The first kappa shape index (κ1) is 20.5. The summed E-state index contributed by atoms with van der Waals surface area (Å²) < 4.78 is 5.84. The molecule has 144 valence electrons. The molecule has 2 aliphatic rings. The standard InChI is InChI=1S/C23H40O2/c1-3-5-6-7-8-17-21(4-2)25-23(24)18-22(19-13-9-10-14-19)20-15-11-12-16-20/h18-21H,3-17H2,1-2H3. The smallest absolute Gasteiger partial charge is 0.330 e. The maximum atomic E-state index is 12.6. The third kappa shape index (κ3) is 7.15. The van der Waals surface area contributed by atoms with E-state index < -0.39 is 0 Å². The Hall–Kier alpha value is -0.790. The van der Waals surface area contributed by atoms with Crippen LogP contribution in [0.25, 0.3) is 0 Å². The molecule has 0 spiro atoms. The quantitative estimate of drug-likeness (QED) is 0.229. The van der Waals surface area contributed by atoms with E-state index in [2.05, 4.69) is 13.8 Å². The minimum Gasteiger partial charge on any atom is -0.459 e. The Morgan fingerprint density at radius 1 is 0.920 bits per heavy atom. The van der Waals surface area contributed by atoms with Gasteiger partial charge in [0, 0.05) is 6.08 Å². The monoisotopic (exact) mass is 348 g/mol. The lowest BCUT2D eigenvalue weighted by Crippen LogP contribution is -2.18. The second kappa shape index (κ2) is 11.8. The molecule has 0 aromatic carbocycles. The summed E-state index contributed by atoms with van der Waals surface area (Å²) in [6.45, 7) is 4.39. The fourth-order valence-electron chi connectivity index (χ4n) is 4.74. The molecule has 1 atom stereocenters. The number of hydrogen-bond acceptors (Lipinski definition) is 2. The molecule has 2 aliphatic carbocycles. The Morgan fingerprint density at radius 3 is 2.00 bits per heavy atom. The Morgan fingerprint density at radius 2 is 1.48 bits per heavy atom. The zero-order valence-corrected chi connectivity index (χ0v) is 16.7. The number of allylic oxidation sites excluding steroid dienone is 1. The van der Waals surface area contributed by atoms with Gasteiger partial charge in [0.05, 0.1) is 0 Å². The lowest BCUT2D eigenvalue weighted by atomic mass is 9.85. The molecule has 0 saturated heterocycles. The summed E-state index contributed by atoms with van der Waals surface area (Å²) in [5.74, 6) is 1.25. The zero-order valence-electron chi connectivity index (χ0n) is 16.7. The van der Waals surface area contributed by atoms with Gasteiger partial charge in [-0.2, -0.15) is 0 Å². The van der Waals surface area contributed by atoms with Crippen LogP contribution in [0.15, 0.2) is 11.6 Å². The van der Waals surface area contributed by atoms with Crippen molar-refractivity contribution in [2.45, 2.75) is 116 Å². The lowest BCUT2D eigenvalue weighted by molar-refractivity contribution is -0.143. The minimum atomic E-state index is -0.0609. The van der Waals surface area contributed by atoms with Crippen LogP contribution in [0.3, 0.4) is 0 Å². The Kier molecular flexibility index (Phi) is 9.65. The van der Waals surface area contributed by atoms with Crippen molar-refractivity contribution >= 4 is 5.97 Å². The van der Waals surface area contributed by atoms with Crippen molar-refractivity contribution in [1.82, 2.24) is 0 Å². The predicted molar refractivity (Wildman–Crippen MR) is 106 cm³/mol. The first-order valence-electron chi connectivity index (χ1n) is 11.2. The molecule has 0 N–H and O–H groups in total. The van der Waals surface area contributed by atoms with Gasteiger partial charge < -0.3 is 4.74 Å². The summed E-state index contributed by atoms with van der Waals surface area (Å²) in [6, 6.07) is 0. The van der Waals surface area contributed by atoms with Crippen molar-refractivity contribution < 1.29 is 9.53 Å².